The normalized spacial score (nSPS) is 15.6. The van der Waals surface area contributed by atoms with Crippen LogP contribution in [0, 0.1) is 11.6 Å². The fraction of sp³-hybridized carbons (Fsp3) is 0.350. The molecule has 3 rings (SSSR count). The minimum atomic E-state index is -3.63. The number of benzene rings is 2. The summed E-state index contributed by atoms with van der Waals surface area (Å²) in [5.41, 5.74) is 0.167. The third kappa shape index (κ3) is 4.56. The van der Waals surface area contributed by atoms with Crippen molar-refractivity contribution in [3.63, 3.8) is 0 Å². The van der Waals surface area contributed by atoms with Crippen LogP contribution in [-0.2, 0) is 10.0 Å². The predicted octanol–water partition coefficient (Wildman–Crippen LogP) is 4.17. The number of halogens is 2. The van der Waals surface area contributed by atoms with Crippen LogP contribution in [0.1, 0.15) is 42.5 Å². The van der Waals surface area contributed by atoms with Gasteiger partial charge in [-0.25, -0.2) is 17.2 Å². The molecule has 150 valence electrons. The van der Waals surface area contributed by atoms with Gasteiger partial charge in [-0.1, -0.05) is 19.3 Å². The lowest BCUT2D eigenvalue weighted by Crippen LogP contribution is -2.38. The Morgan fingerprint density at radius 3 is 2.14 bits per heavy atom. The maximum absolute atomic E-state index is 13.2. The van der Waals surface area contributed by atoms with Crippen molar-refractivity contribution in [2.24, 2.45) is 0 Å². The average Bonchev–Trinajstić information content (AvgIpc) is 2.67. The Balaban J connectivity index is 1.72. The number of nitrogens with one attached hydrogen (secondary N) is 1. The van der Waals surface area contributed by atoms with Gasteiger partial charge in [0, 0.05) is 30.4 Å². The number of carbonyl (C=O) groups is 1. The number of rotatable bonds is 5. The van der Waals surface area contributed by atoms with Crippen molar-refractivity contribution >= 4 is 21.6 Å². The summed E-state index contributed by atoms with van der Waals surface area (Å²) in [6, 6.07) is 8.27. The molecule has 2 aromatic rings. The second-order valence-electron chi connectivity index (χ2n) is 6.95. The second kappa shape index (κ2) is 8.36. The summed E-state index contributed by atoms with van der Waals surface area (Å²) in [7, 11) is -2.03. The molecule has 0 heterocycles. The highest BCUT2D eigenvalue weighted by Crippen LogP contribution is 2.27. The molecule has 1 saturated carbocycles. The average molecular weight is 408 g/mol. The van der Waals surface area contributed by atoms with E-state index in [1.54, 1.807) is 7.05 Å². The van der Waals surface area contributed by atoms with E-state index >= 15 is 0 Å². The molecule has 8 heteroatoms. The Morgan fingerprint density at radius 2 is 1.57 bits per heavy atom. The summed E-state index contributed by atoms with van der Waals surface area (Å²) in [6.45, 7) is 0. The summed E-state index contributed by atoms with van der Waals surface area (Å²) in [5, 5.41) is 2.50. The lowest BCUT2D eigenvalue weighted by molar-refractivity contribution is 0.102. The number of carbonyl (C=O) groups excluding carboxylic acids is 1. The summed E-state index contributed by atoms with van der Waals surface area (Å²) in [5.74, 6) is -2.39. The van der Waals surface area contributed by atoms with Crippen molar-refractivity contribution in [3.8, 4) is 0 Å². The van der Waals surface area contributed by atoms with Crippen molar-refractivity contribution in [1.82, 2.24) is 4.31 Å². The summed E-state index contributed by atoms with van der Waals surface area (Å²) in [4.78, 5) is 12.3. The summed E-state index contributed by atoms with van der Waals surface area (Å²) in [6.07, 6.45) is 4.89. The zero-order valence-corrected chi connectivity index (χ0v) is 16.3. The number of nitrogens with zero attached hydrogens (tertiary/aromatic N) is 1. The van der Waals surface area contributed by atoms with Crippen LogP contribution in [0.15, 0.2) is 47.4 Å². The highest BCUT2D eigenvalue weighted by molar-refractivity contribution is 7.89. The molecule has 0 saturated heterocycles. The minimum Gasteiger partial charge on any atom is -0.322 e. The third-order valence-corrected chi connectivity index (χ3v) is 6.93. The Hall–Kier alpha value is -2.32. The molecule has 0 radical (unpaired) electrons. The standard InChI is InChI=1S/C20H22F2N2O3S/c1-24(18-5-3-2-4-6-18)28(26,27)19-9-7-17(8-10-19)23-20(25)14-11-15(21)13-16(22)12-14/h7-13,18H,2-6H2,1H3,(H,23,25). The smallest absolute Gasteiger partial charge is 0.255 e. The van der Waals surface area contributed by atoms with Crippen LogP contribution in [0.2, 0.25) is 0 Å². The first kappa shape index (κ1) is 20.4. The van der Waals surface area contributed by atoms with Gasteiger partial charge in [0.15, 0.2) is 0 Å². The Morgan fingerprint density at radius 1 is 1.00 bits per heavy atom. The molecule has 2 aromatic carbocycles. The maximum Gasteiger partial charge on any atom is 0.255 e. The second-order valence-corrected chi connectivity index (χ2v) is 8.95. The first-order valence-electron chi connectivity index (χ1n) is 9.13. The zero-order chi connectivity index (χ0) is 20.3. The molecular formula is C20H22F2N2O3S. The van der Waals surface area contributed by atoms with Gasteiger partial charge in [0.1, 0.15) is 11.6 Å². The largest absolute Gasteiger partial charge is 0.322 e. The number of hydrogen-bond acceptors (Lipinski definition) is 3. The van der Waals surface area contributed by atoms with Crippen molar-refractivity contribution in [2.45, 2.75) is 43.0 Å². The van der Waals surface area contributed by atoms with Crippen molar-refractivity contribution in [1.29, 1.82) is 0 Å². The van der Waals surface area contributed by atoms with Gasteiger partial charge in [-0.3, -0.25) is 4.79 Å². The number of sulfonamides is 1. The molecule has 5 nitrogen and oxygen atoms in total. The van der Waals surface area contributed by atoms with Crippen molar-refractivity contribution in [3.05, 3.63) is 59.7 Å². The Labute approximate surface area is 163 Å². The third-order valence-electron chi connectivity index (χ3n) is 5.00. The van der Waals surface area contributed by atoms with E-state index < -0.39 is 27.6 Å². The first-order valence-corrected chi connectivity index (χ1v) is 10.6. The number of amides is 1. The van der Waals surface area contributed by atoms with E-state index in [0.29, 0.717) is 11.8 Å². The molecule has 1 aliphatic rings. The van der Waals surface area contributed by atoms with Crippen LogP contribution in [0.5, 0.6) is 0 Å². The fourth-order valence-electron chi connectivity index (χ4n) is 3.41. The summed E-state index contributed by atoms with van der Waals surface area (Å²) >= 11 is 0. The quantitative estimate of drug-likeness (QED) is 0.808. The molecule has 0 bridgehead atoms. The van der Waals surface area contributed by atoms with E-state index in [1.165, 1.54) is 28.6 Å². The van der Waals surface area contributed by atoms with Gasteiger partial charge in [-0.2, -0.15) is 4.31 Å². The Kier molecular flexibility index (Phi) is 6.10. The van der Waals surface area contributed by atoms with E-state index in [1.807, 2.05) is 0 Å². The van der Waals surface area contributed by atoms with Crippen LogP contribution in [-0.4, -0.2) is 31.7 Å². The number of anilines is 1. The molecule has 0 atom stereocenters. The van der Waals surface area contributed by atoms with E-state index in [4.69, 9.17) is 0 Å². The SMILES string of the molecule is CN(C1CCCCC1)S(=O)(=O)c1ccc(NC(=O)c2cc(F)cc(F)c2)cc1. The highest BCUT2D eigenvalue weighted by Gasteiger charge is 2.28. The molecule has 0 unspecified atom stereocenters. The predicted molar refractivity (Wildman–Crippen MR) is 103 cm³/mol. The van der Waals surface area contributed by atoms with Gasteiger partial charge < -0.3 is 5.32 Å². The fourth-order valence-corrected chi connectivity index (χ4v) is 4.82. The molecule has 1 aliphatic carbocycles. The minimum absolute atomic E-state index is 0.000929. The molecule has 0 aliphatic heterocycles. The topological polar surface area (TPSA) is 66.5 Å². The maximum atomic E-state index is 13.2. The van der Waals surface area contributed by atoms with Crippen LogP contribution in [0.3, 0.4) is 0 Å². The molecule has 0 aromatic heterocycles. The van der Waals surface area contributed by atoms with Crippen LogP contribution >= 0.6 is 0 Å². The lowest BCUT2D eigenvalue weighted by atomic mass is 9.96. The van der Waals surface area contributed by atoms with Gasteiger partial charge in [0.25, 0.3) is 5.91 Å². The lowest BCUT2D eigenvalue weighted by Gasteiger charge is -2.30. The Bertz CT molecular complexity index is 936. The van der Waals surface area contributed by atoms with Gasteiger partial charge in [-0.05, 0) is 49.2 Å². The zero-order valence-electron chi connectivity index (χ0n) is 15.5. The van der Waals surface area contributed by atoms with Crippen LogP contribution < -0.4 is 5.32 Å². The van der Waals surface area contributed by atoms with Crippen LogP contribution in [0.25, 0.3) is 0 Å². The monoisotopic (exact) mass is 408 g/mol. The van der Waals surface area contributed by atoms with Crippen molar-refractivity contribution < 1.29 is 22.0 Å². The van der Waals surface area contributed by atoms with E-state index in [2.05, 4.69) is 5.32 Å². The van der Waals surface area contributed by atoms with E-state index in [-0.39, 0.29) is 16.5 Å². The van der Waals surface area contributed by atoms with Gasteiger partial charge >= 0.3 is 0 Å². The van der Waals surface area contributed by atoms with Crippen molar-refractivity contribution in [2.75, 3.05) is 12.4 Å². The molecule has 0 spiro atoms. The van der Waals surface area contributed by atoms with Gasteiger partial charge in [0.2, 0.25) is 10.0 Å². The van der Waals surface area contributed by atoms with E-state index in [9.17, 15) is 22.0 Å². The molecule has 1 amide bonds. The molecule has 1 fully saturated rings. The summed E-state index contributed by atoms with van der Waals surface area (Å²) < 4.78 is 53.6. The highest BCUT2D eigenvalue weighted by atomic mass is 32.2. The van der Waals surface area contributed by atoms with Crippen LogP contribution in [0.4, 0.5) is 14.5 Å². The number of hydrogen-bond donors (Lipinski definition) is 1. The molecule has 1 N–H and O–H groups in total. The van der Waals surface area contributed by atoms with Gasteiger partial charge in [0.05, 0.1) is 4.90 Å². The first-order chi connectivity index (χ1) is 13.3. The van der Waals surface area contributed by atoms with E-state index in [0.717, 1.165) is 44.2 Å². The van der Waals surface area contributed by atoms with Gasteiger partial charge in [-0.15, -0.1) is 0 Å². The molecule has 28 heavy (non-hydrogen) atoms. The molecular weight excluding hydrogens is 386 g/mol.